The van der Waals surface area contributed by atoms with Crippen molar-refractivity contribution in [3.8, 4) is 0 Å². The van der Waals surface area contributed by atoms with Gasteiger partial charge in [-0.1, -0.05) is 49.7 Å². The molecule has 2 rings (SSSR count). The third kappa shape index (κ3) is 5.91. The van der Waals surface area contributed by atoms with Crippen LogP contribution in [0.4, 0.5) is 11.4 Å². The normalized spacial score (nSPS) is 10.6. The fourth-order valence-corrected chi connectivity index (χ4v) is 2.60. The lowest BCUT2D eigenvalue weighted by atomic mass is 10.0. The number of nitrogens with one attached hydrogen (secondary N) is 2. The van der Waals surface area contributed by atoms with Gasteiger partial charge in [-0.15, -0.1) is 0 Å². The highest BCUT2D eigenvalue weighted by Gasteiger charge is 2.07. The van der Waals surface area contributed by atoms with Gasteiger partial charge in [0, 0.05) is 19.0 Å². The first-order chi connectivity index (χ1) is 11.8. The summed E-state index contributed by atoms with van der Waals surface area (Å²) in [6.07, 6.45) is 1.06. The molecule has 0 aliphatic carbocycles. The van der Waals surface area contributed by atoms with Gasteiger partial charge >= 0.3 is 0 Å². The number of benzene rings is 2. The Morgan fingerprint density at radius 1 is 1.04 bits per heavy atom. The van der Waals surface area contributed by atoms with Crippen molar-refractivity contribution in [2.75, 3.05) is 10.6 Å². The molecule has 0 atom stereocenters. The number of hydrogen-bond acceptors (Lipinski definition) is 2. The first-order valence-corrected chi connectivity index (χ1v) is 8.69. The molecule has 0 aliphatic heterocycles. The number of aryl methyl sites for hydroxylation is 1. The van der Waals surface area contributed by atoms with E-state index in [-0.39, 0.29) is 11.8 Å². The van der Waals surface area contributed by atoms with Crippen molar-refractivity contribution in [2.45, 2.75) is 39.5 Å². The zero-order valence-electron chi connectivity index (χ0n) is 14.7. The van der Waals surface area contributed by atoms with Gasteiger partial charge in [-0.05, 0) is 41.7 Å². The number of amides is 2. The maximum atomic E-state index is 12.1. The lowest BCUT2D eigenvalue weighted by Crippen LogP contribution is -2.13. The molecule has 2 N–H and O–H groups in total. The number of carbonyl (C=O) groups is 2. The van der Waals surface area contributed by atoms with Gasteiger partial charge in [-0.2, -0.15) is 0 Å². The molecule has 25 heavy (non-hydrogen) atoms. The van der Waals surface area contributed by atoms with Crippen molar-refractivity contribution in [1.29, 1.82) is 0 Å². The Bertz CT molecular complexity index is 755. The van der Waals surface area contributed by atoms with Crippen molar-refractivity contribution in [1.82, 2.24) is 0 Å². The summed E-state index contributed by atoms with van der Waals surface area (Å²) in [7, 11) is 0. The lowest BCUT2D eigenvalue weighted by Gasteiger charge is -2.10. The standard InChI is InChI=1S/C20H23ClN2O2/c1-13(2)16-7-4-15(5-8-16)6-11-20(25)23-17-9-10-18(21)19(12-17)22-14(3)24/h4-5,7-10,12-13H,6,11H2,1-3H3,(H,22,24)(H,23,25). The Morgan fingerprint density at radius 3 is 2.32 bits per heavy atom. The molecule has 0 spiro atoms. The molecule has 4 nitrogen and oxygen atoms in total. The number of carbonyl (C=O) groups excluding carboxylic acids is 2. The molecule has 2 aromatic rings. The summed E-state index contributed by atoms with van der Waals surface area (Å²) in [6, 6.07) is 13.4. The highest BCUT2D eigenvalue weighted by molar-refractivity contribution is 6.33. The molecule has 0 aromatic heterocycles. The van der Waals surface area contributed by atoms with Crippen LogP contribution >= 0.6 is 11.6 Å². The molecule has 2 amide bonds. The average molecular weight is 359 g/mol. The molecule has 0 heterocycles. The van der Waals surface area contributed by atoms with Gasteiger partial charge in [-0.25, -0.2) is 0 Å². The van der Waals surface area contributed by atoms with Gasteiger partial charge < -0.3 is 10.6 Å². The van der Waals surface area contributed by atoms with E-state index in [0.717, 1.165) is 5.56 Å². The van der Waals surface area contributed by atoms with E-state index in [4.69, 9.17) is 11.6 Å². The number of hydrogen-bond donors (Lipinski definition) is 2. The summed E-state index contributed by atoms with van der Waals surface area (Å²) in [5.74, 6) is 0.208. The minimum Gasteiger partial charge on any atom is -0.326 e. The van der Waals surface area contributed by atoms with E-state index < -0.39 is 0 Å². The Balaban J connectivity index is 1.92. The van der Waals surface area contributed by atoms with Crippen LogP contribution < -0.4 is 10.6 Å². The molecule has 0 radical (unpaired) electrons. The summed E-state index contributed by atoms with van der Waals surface area (Å²) in [6.45, 7) is 5.72. The number of rotatable bonds is 6. The van der Waals surface area contributed by atoms with Crippen molar-refractivity contribution in [2.24, 2.45) is 0 Å². The predicted octanol–water partition coefficient (Wildman–Crippen LogP) is 4.99. The van der Waals surface area contributed by atoms with Crippen LogP contribution in [0.15, 0.2) is 42.5 Å². The third-order valence-electron chi connectivity index (χ3n) is 3.85. The Kier molecular flexibility index (Phi) is 6.59. The molecular weight excluding hydrogens is 336 g/mol. The van der Waals surface area contributed by atoms with Crippen LogP contribution in [0.25, 0.3) is 0 Å². The van der Waals surface area contributed by atoms with Crippen LogP contribution in [-0.4, -0.2) is 11.8 Å². The lowest BCUT2D eigenvalue weighted by molar-refractivity contribution is -0.116. The molecule has 0 saturated carbocycles. The van der Waals surface area contributed by atoms with Crippen molar-refractivity contribution >= 4 is 34.8 Å². The van der Waals surface area contributed by atoms with Gasteiger partial charge in [0.15, 0.2) is 0 Å². The fourth-order valence-electron chi connectivity index (χ4n) is 2.44. The van der Waals surface area contributed by atoms with E-state index >= 15 is 0 Å². The van der Waals surface area contributed by atoms with Gasteiger partial charge in [-0.3, -0.25) is 9.59 Å². The SMILES string of the molecule is CC(=O)Nc1cc(NC(=O)CCc2ccc(C(C)C)cc2)ccc1Cl. The molecule has 2 aromatic carbocycles. The zero-order chi connectivity index (χ0) is 18.4. The number of anilines is 2. The molecule has 0 aliphatic rings. The maximum absolute atomic E-state index is 12.1. The van der Waals surface area contributed by atoms with E-state index in [1.807, 2.05) is 0 Å². The molecule has 5 heteroatoms. The van der Waals surface area contributed by atoms with Crippen LogP contribution in [0.3, 0.4) is 0 Å². The Morgan fingerprint density at radius 2 is 1.72 bits per heavy atom. The first kappa shape index (κ1) is 19.0. The minimum absolute atomic E-state index is 0.0796. The predicted molar refractivity (Wildman–Crippen MR) is 103 cm³/mol. The summed E-state index contributed by atoms with van der Waals surface area (Å²) < 4.78 is 0. The van der Waals surface area contributed by atoms with Crippen LogP contribution in [0.5, 0.6) is 0 Å². The largest absolute Gasteiger partial charge is 0.326 e. The van der Waals surface area contributed by atoms with Crippen LogP contribution in [0.1, 0.15) is 44.2 Å². The van der Waals surface area contributed by atoms with Crippen LogP contribution in [0, 0.1) is 0 Å². The summed E-state index contributed by atoms with van der Waals surface area (Å²) in [5, 5.41) is 5.90. The average Bonchev–Trinajstić information content (AvgIpc) is 2.56. The molecule has 0 saturated heterocycles. The van der Waals surface area contributed by atoms with E-state index in [1.165, 1.54) is 12.5 Å². The third-order valence-corrected chi connectivity index (χ3v) is 4.18. The van der Waals surface area contributed by atoms with Crippen molar-refractivity contribution < 1.29 is 9.59 Å². The van der Waals surface area contributed by atoms with E-state index in [0.29, 0.717) is 35.2 Å². The molecule has 0 unspecified atom stereocenters. The zero-order valence-corrected chi connectivity index (χ0v) is 15.5. The summed E-state index contributed by atoms with van der Waals surface area (Å²) >= 11 is 6.03. The van der Waals surface area contributed by atoms with Crippen molar-refractivity contribution in [3.63, 3.8) is 0 Å². The van der Waals surface area contributed by atoms with E-state index in [1.54, 1.807) is 18.2 Å². The first-order valence-electron chi connectivity index (χ1n) is 8.31. The Labute approximate surface area is 153 Å². The molecule has 0 fully saturated rings. The minimum atomic E-state index is -0.213. The summed E-state index contributed by atoms with van der Waals surface area (Å²) in [4.78, 5) is 23.3. The summed E-state index contributed by atoms with van der Waals surface area (Å²) in [5.41, 5.74) is 3.51. The molecular formula is C20H23ClN2O2. The highest BCUT2D eigenvalue weighted by Crippen LogP contribution is 2.25. The quantitative estimate of drug-likeness (QED) is 0.763. The second-order valence-electron chi connectivity index (χ2n) is 6.32. The number of halogens is 1. The maximum Gasteiger partial charge on any atom is 0.224 e. The second kappa shape index (κ2) is 8.67. The van der Waals surface area contributed by atoms with E-state index in [2.05, 4.69) is 48.7 Å². The van der Waals surface area contributed by atoms with E-state index in [9.17, 15) is 9.59 Å². The topological polar surface area (TPSA) is 58.2 Å². The van der Waals surface area contributed by atoms with Crippen molar-refractivity contribution in [3.05, 3.63) is 58.6 Å². The Hall–Kier alpha value is -2.33. The molecule has 0 bridgehead atoms. The van der Waals surface area contributed by atoms with Gasteiger partial charge in [0.05, 0.1) is 10.7 Å². The molecule has 132 valence electrons. The second-order valence-corrected chi connectivity index (χ2v) is 6.73. The van der Waals surface area contributed by atoms with Crippen LogP contribution in [-0.2, 0) is 16.0 Å². The van der Waals surface area contributed by atoms with Gasteiger partial charge in [0.2, 0.25) is 11.8 Å². The van der Waals surface area contributed by atoms with Gasteiger partial charge in [0.1, 0.15) is 0 Å². The van der Waals surface area contributed by atoms with Gasteiger partial charge in [0.25, 0.3) is 0 Å². The monoisotopic (exact) mass is 358 g/mol. The fraction of sp³-hybridized carbons (Fsp3) is 0.300. The van der Waals surface area contributed by atoms with Crippen LogP contribution in [0.2, 0.25) is 5.02 Å². The highest BCUT2D eigenvalue weighted by atomic mass is 35.5. The smallest absolute Gasteiger partial charge is 0.224 e.